The maximum Gasteiger partial charge on any atom is 0.235 e. The third kappa shape index (κ3) is 5.81. The Balaban J connectivity index is 1.71. The highest BCUT2D eigenvalue weighted by Crippen LogP contribution is 2.21. The summed E-state index contributed by atoms with van der Waals surface area (Å²) < 4.78 is 33.8. The SMILES string of the molecule is COc1ccc(OCCSC(C)C(=O)N(C)C2CCS(=O)(=O)C2)cc1. The fraction of sp³-hybridized carbons (Fsp3) is 0.588. The van der Waals surface area contributed by atoms with Gasteiger partial charge in [0.1, 0.15) is 11.5 Å². The first-order valence-corrected chi connectivity index (χ1v) is 11.0. The predicted octanol–water partition coefficient (Wildman–Crippen LogP) is 1.84. The van der Waals surface area contributed by atoms with Gasteiger partial charge in [-0.25, -0.2) is 8.42 Å². The van der Waals surface area contributed by atoms with Crippen LogP contribution in [0.5, 0.6) is 11.5 Å². The molecule has 1 amide bonds. The van der Waals surface area contributed by atoms with Gasteiger partial charge in [-0.2, -0.15) is 0 Å². The van der Waals surface area contributed by atoms with Crippen LogP contribution in [0.25, 0.3) is 0 Å². The second-order valence-electron chi connectivity index (χ2n) is 6.04. The number of nitrogens with zero attached hydrogens (tertiary/aromatic N) is 1. The van der Waals surface area contributed by atoms with E-state index < -0.39 is 9.84 Å². The molecular formula is C17H25NO5S2. The molecule has 8 heteroatoms. The van der Waals surface area contributed by atoms with Gasteiger partial charge in [0.15, 0.2) is 9.84 Å². The second-order valence-corrected chi connectivity index (χ2v) is 9.72. The monoisotopic (exact) mass is 387 g/mol. The van der Waals surface area contributed by atoms with Crippen LogP contribution < -0.4 is 9.47 Å². The lowest BCUT2D eigenvalue weighted by atomic mass is 10.2. The molecule has 1 fully saturated rings. The van der Waals surface area contributed by atoms with Gasteiger partial charge in [-0.3, -0.25) is 4.79 Å². The molecule has 1 heterocycles. The molecule has 0 saturated carbocycles. The minimum absolute atomic E-state index is 0.0310. The van der Waals surface area contributed by atoms with Gasteiger partial charge >= 0.3 is 0 Å². The van der Waals surface area contributed by atoms with Gasteiger partial charge in [0.2, 0.25) is 5.91 Å². The number of benzene rings is 1. The highest BCUT2D eigenvalue weighted by Gasteiger charge is 2.34. The van der Waals surface area contributed by atoms with Crippen molar-refractivity contribution < 1.29 is 22.7 Å². The molecule has 1 aromatic carbocycles. The summed E-state index contributed by atoms with van der Waals surface area (Å²) in [5.41, 5.74) is 0. The first-order chi connectivity index (χ1) is 11.8. The van der Waals surface area contributed by atoms with E-state index in [1.807, 2.05) is 31.2 Å². The Kier molecular flexibility index (Phi) is 7.01. The lowest BCUT2D eigenvalue weighted by Crippen LogP contribution is -2.41. The quantitative estimate of drug-likeness (QED) is 0.634. The summed E-state index contributed by atoms with van der Waals surface area (Å²) in [6.45, 7) is 2.34. The van der Waals surface area contributed by atoms with E-state index in [-0.39, 0.29) is 28.7 Å². The number of sulfone groups is 1. The van der Waals surface area contributed by atoms with Crippen molar-refractivity contribution in [2.75, 3.05) is 38.0 Å². The minimum atomic E-state index is -2.99. The van der Waals surface area contributed by atoms with Crippen molar-refractivity contribution in [1.82, 2.24) is 4.90 Å². The van der Waals surface area contributed by atoms with E-state index in [4.69, 9.17) is 9.47 Å². The number of carbonyl (C=O) groups is 1. The summed E-state index contributed by atoms with van der Waals surface area (Å²) in [5.74, 6) is 2.43. The van der Waals surface area contributed by atoms with Crippen LogP contribution in [-0.4, -0.2) is 68.5 Å². The van der Waals surface area contributed by atoms with Crippen LogP contribution in [0.1, 0.15) is 13.3 Å². The van der Waals surface area contributed by atoms with Gasteiger partial charge in [0, 0.05) is 18.8 Å². The summed E-state index contributed by atoms with van der Waals surface area (Å²) in [6, 6.07) is 7.15. The number of methoxy groups -OCH3 is 1. The zero-order valence-corrected chi connectivity index (χ0v) is 16.4. The Morgan fingerprint density at radius 2 is 1.96 bits per heavy atom. The normalized spacial score (nSPS) is 20.0. The van der Waals surface area contributed by atoms with Crippen molar-refractivity contribution >= 4 is 27.5 Å². The molecular weight excluding hydrogens is 362 g/mol. The predicted molar refractivity (Wildman–Crippen MR) is 100 cm³/mol. The van der Waals surface area contributed by atoms with Gasteiger partial charge in [-0.05, 0) is 37.6 Å². The standard InChI is InChI=1S/C17H25NO5S2/c1-13(17(19)18(2)14-8-11-25(20,21)12-14)24-10-9-23-16-6-4-15(22-3)5-7-16/h4-7,13-14H,8-12H2,1-3H3. The van der Waals surface area contributed by atoms with E-state index in [0.29, 0.717) is 18.8 Å². The number of hydrogen-bond donors (Lipinski definition) is 0. The van der Waals surface area contributed by atoms with Gasteiger partial charge < -0.3 is 14.4 Å². The van der Waals surface area contributed by atoms with Crippen molar-refractivity contribution in [2.24, 2.45) is 0 Å². The number of ether oxygens (including phenoxy) is 2. The van der Waals surface area contributed by atoms with Gasteiger partial charge in [-0.1, -0.05) is 0 Å². The summed E-state index contributed by atoms with van der Waals surface area (Å²) in [5, 5.41) is -0.229. The van der Waals surface area contributed by atoms with E-state index in [0.717, 1.165) is 11.5 Å². The first kappa shape index (κ1) is 19.9. The van der Waals surface area contributed by atoms with Crippen molar-refractivity contribution in [3.05, 3.63) is 24.3 Å². The van der Waals surface area contributed by atoms with E-state index in [1.54, 1.807) is 19.1 Å². The largest absolute Gasteiger partial charge is 0.497 e. The maximum absolute atomic E-state index is 12.4. The average Bonchev–Trinajstić information content (AvgIpc) is 2.97. The van der Waals surface area contributed by atoms with Crippen LogP contribution in [0.3, 0.4) is 0 Å². The number of rotatable bonds is 8. The van der Waals surface area contributed by atoms with Gasteiger partial charge in [0.25, 0.3) is 0 Å². The second kappa shape index (κ2) is 8.80. The van der Waals surface area contributed by atoms with Crippen LogP contribution in [-0.2, 0) is 14.6 Å². The van der Waals surface area contributed by atoms with E-state index in [9.17, 15) is 13.2 Å². The molecule has 2 atom stereocenters. The van der Waals surface area contributed by atoms with E-state index >= 15 is 0 Å². The number of amides is 1. The molecule has 0 aliphatic carbocycles. The minimum Gasteiger partial charge on any atom is -0.497 e. The molecule has 1 saturated heterocycles. The number of carbonyl (C=O) groups excluding carboxylic acids is 1. The maximum atomic E-state index is 12.4. The van der Waals surface area contributed by atoms with Crippen molar-refractivity contribution in [1.29, 1.82) is 0 Å². The molecule has 0 radical (unpaired) electrons. The molecule has 0 N–H and O–H groups in total. The third-order valence-electron chi connectivity index (χ3n) is 4.23. The molecule has 0 aromatic heterocycles. The van der Waals surface area contributed by atoms with Crippen LogP contribution in [0, 0.1) is 0 Å². The average molecular weight is 388 g/mol. The number of thioether (sulfide) groups is 1. The number of hydrogen-bond acceptors (Lipinski definition) is 6. The van der Waals surface area contributed by atoms with Crippen LogP contribution >= 0.6 is 11.8 Å². The summed E-state index contributed by atoms with van der Waals surface area (Å²) in [6.07, 6.45) is 0.530. The van der Waals surface area contributed by atoms with E-state index in [2.05, 4.69) is 0 Å². The van der Waals surface area contributed by atoms with E-state index in [1.165, 1.54) is 11.8 Å². The Bertz CT molecular complexity index is 675. The Morgan fingerprint density at radius 3 is 2.52 bits per heavy atom. The Morgan fingerprint density at radius 1 is 1.32 bits per heavy atom. The Hall–Kier alpha value is -1.41. The fourth-order valence-electron chi connectivity index (χ4n) is 2.68. The molecule has 6 nitrogen and oxygen atoms in total. The molecule has 1 aliphatic heterocycles. The topological polar surface area (TPSA) is 72.9 Å². The van der Waals surface area contributed by atoms with Crippen molar-refractivity contribution in [2.45, 2.75) is 24.6 Å². The van der Waals surface area contributed by atoms with Crippen LogP contribution in [0.2, 0.25) is 0 Å². The summed E-state index contributed by atoms with van der Waals surface area (Å²) in [4.78, 5) is 14.0. The Labute approximate surface area is 153 Å². The first-order valence-electron chi connectivity index (χ1n) is 8.18. The zero-order chi connectivity index (χ0) is 18.4. The molecule has 2 rings (SSSR count). The summed E-state index contributed by atoms with van der Waals surface area (Å²) in [7, 11) is 0.321. The smallest absolute Gasteiger partial charge is 0.235 e. The lowest BCUT2D eigenvalue weighted by Gasteiger charge is -2.26. The molecule has 2 unspecified atom stereocenters. The van der Waals surface area contributed by atoms with Crippen molar-refractivity contribution in [3.8, 4) is 11.5 Å². The molecule has 25 heavy (non-hydrogen) atoms. The van der Waals surface area contributed by atoms with Crippen LogP contribution in [0.15, 0.2) is 24.3 Å². The molecule has 140 valence electrons. The molecule has 1 aromatic rings. The van der Waals surface area contributed by atoms with Crippen LogP contribution in [0.4, 0.5) is 0 Å². The zero-order valence-electron chi connectivity index (χ0n) is 14.8. The third-order valence-corrected chi connectivity index (χ3v) is 7.09. The molecule has 0 spiro atoms. The van der Waals surface area contributed by atoms with Gasteiger partial charge in [-0.15, -0.1) is 11.8 Å². The highest BCUT2D eigenvalue weighted by atomic mass is 32.2. The molecule has 0 bridgehead atoms. The lowest BCUT2D eigenvalue weighted by molar-refractivity contribution is -0.130. The van der Waals surface area contributed by atoms with Crippen molar-refractivity contribution in [3.63, 3.8) is 0 Å². The highest BCUT2D eigenvalue weighted by molar-refractivity contribution is 8.00. The summed E-state index contributed by atoms with van der Waals surface area (Å²) >= 11 is 1.51. The fourth-order valence-corrected chi connectivity index (χ4v) is 5.29. The van der Waals surface area contributed by atoms with Gasteiger partial charge in [0.05, 0.1) is 30.5 Å². The molecule has 1 aliphatic rings.